The van der Waals surface area contributed by atoms with Crippen LogP contribution in [0.3, 0.4) is 0 Å². The summed E-state index contributed by atoms with van der Waals surface area (Å²) in [6, 6.07) is 5.66. The highest BCUT2D eigenvalue weighted by Crippen LogP contribution is 2.08. The Balaban J connectivity index is 2.52. The van der Waals surface area contributed by atoms with Gasteiger partial charge in [0.05, 0.1) is 13.2 Å². The van der Waals surface area contributed by atoms with Crippen molar-refractivity contribution in [2.24, 2.45) is 0 Å². The second kappa shape index (κ2) is 6.25. The van der Waals surface area contributed by atoms with E-state index in [1.807, 2.05) is 32.0 Å². The van der Waals surface area contributed by atoms with Crippen molar-refractivity contribution in [3.63, 3.8) is 0 Å². The van der Waals surface area contributed by atoms with Crippen molar-refractivity contribution >= 4 is 5.91 Å². The predicted octanol–water partition coefficient (Wildman–Crippen LogP) is 1.61. The van der Waals surface area contributed by atoms with Crippen molar-refractivity contribution < 1.29 is 14.4 Å². The molecule has 1 amide bonds. The maximum Gasteiger partial charge on any atom is 0.274 e. The van der Waals surface area contributed by atoms with E-state index in [-0.39, 0.29) is 5.91 Å². The molecule has 0 saturated carbocycles. The lowest BCUT2D eigenvalue weighted by Crippen LogP contribution is -2.25. The molecule has 88 valence electrons. The molecule has 0 aliphatic rings. The summed E-state index contributed by atoms with van der Waals surface area (Å²) >= 11 is 0. The standard InChI is InChI=1S/C12H17NO3/c1-9-6-10(2)8-11(7-9)12(14)13-16-5-4-15-3/h6-8H,4-5H2,1-3H3,(H,13,14). The van der Waals surface area contributed by atoms with Crippen molar-refractivity contribution in [3.8, 4) is 0 Å². The molecule has 1 rings (SSSR count). The number of hydrogen-bond donors (Lipinski definition) is 1. The molecule has 1 aromatic carbocycles. The molecular formula is C12H17NO3. The van der Waals surface area contributed by atoms with Gasteiger partial charge in [0.15, 0.2) is 0 Å². The van der Waals surface area contributed by atoms with E-state index in [1.54, 1.807) is 7.11 Å². The highest BCUT2D eigenvalue weighted by atomic mass is 16.7. The van der Waals surface area contributed by atoms with Crippen LogP contribution in [-0.4, -0.2) is 26.2 Å². The Kier molecular flexibility index (Phi) is 4.95. The Bertz CT molecular complexity index is 343. The summed E-state index contributed by atoms with van der Waals surface area (Å²) in [7, 11) is 1.58. The topological polar surface area (TPSA) is 47.6 Å². The molecule has 0 atom stereocenters. The molecule has 1 aromatic rings. The van der Waals surface area contributed by atoms with Gasteiger partial charge in [-0.2, -0.15) is 0 Å². The average molecular weight is 223 g/mol. The maximum absolute atomic E-state index is 11.6. The summed E-state index contributed by atoms with van der Waals surface area (Å²) in [6.45, 7) is 4.70. The molecule has 0 unspecified atom stereocenters. The Labute approximate surface area is 95.5 Å². The van der Waals surface area contributed by atoms with Crippen molar-refractivity contribution in [1.82, 2.24) is 5.48 Å². The fourth-order valence-corrected chi connectivity index (χ4v) is 1.41. The van der Waals surface area contributed by atoms with Crippen LogP contribution in [-0.2, 0) is 9.57 Å². The quantitative estimate of drug-likeness (QED) is 0.609. The molecule has 0 bridgehead atoms. The van der Waals surface area contributed by atoms with E-state index in [1.165, 1.54) is 0 Å². The first-order chi connectivity index (χ1) is 7.63. The Morgan fingerprint density at radius 3 is 2.38 bits per heavy atom. The van der Waals surface area contributed by atoms with Crippen LogP contribution in [0.25, 0.3) is 0 Å². The number of amides is 1. The summed E-state index contributed by atoms with van der Waals surface area (Å²) in [5.41, 5.74) is 5.09. The lowest BCUT2D eigenvalue weighted by molar-refractivity contribution is 0.00888. The summed E-state index contributed by atoms with van der Waals surface area (Å²) in [4.78, 5) is 16.6. The van der Waals surface area contributed by atoms with Gasteiger partial charge < -0.3 is 4.74 Å². The first-order valence-electron chi connectivity index (χ1n) is 5.13. The van der Waals surface area contributed by atoms with Crippen molar-refractivity contribution in [2.45, 2.75) is 13.8 Å². The number of benzene rings is 1. The fourth-order valence-electron chi connectivity index (χ4n) is 1.41. The fraction of sp³-hybridized carbons (Fsp3) is 0.417. The molecular weight excluding hydrogens is 206 g/mol. The van der Waals surface area contributed by atoms with E-state index in [9.17, 15) is 4.79 Å². The highest BCUT2D eigenvalue weighted by molar-refractivity contribution is 5.93. The lowest BCUT2D eigenvalue weighted by atomic mass is 10.1. The third-order valence-electron chi connectivity index (χ3n) is 2.04. The number of methoxy groups -OCH3 is 1. The minimum atomic E-state index is -0.233. The molecule has 4 heteroatoms. The monoisotopic (exact) mass is 223 g/mol. The first kappa shape index (κ1) is 12.7. The van der Waals surface area contributed by atoms with Gasteiger partial charge in [0.2, 0.25) is 0 Å². The Morgan fingerprint density at radius 2 is 1.81 bits per heavy atom. The van der Waals surface area contributed by atoms with E-state index in [4.69, 9.17) is 9.57 Å². The molecule has 0 radical (unpaired) electrons. The van der Waals surface area contributed by atoms with Gasteiger partial charge in [0.25, 0.3) is 5.91 Å². The molecule has 0 aliphatic carbocycles. The molecule has 0 aromatic heterocycles. The lowest BCUT2D eigenvalue weighted by Gasteiger charge is -2.07. The van der Waals surface area contributed by atoms with Gasteiger partial charge in [-0.05, 0) is 26.0 Å². The van der Waals surface area contributed by atoms with Gasteiger partial charge in [-0.1, -0.05) is 17.2 Å². The molecule has 0 spiro atoms. The number of hydrogen-bond acceptors (Lipinski definition) is 3. The SMILES string of the molecule is COCCONC(=O)c1cc(C)cc(C)c1. The summed E-state index contributed by atoms with van der Waals surface area (Å²) in [6.07, 6.45) is 0. The minimum absolute atomic E-state index is 0.233. The Hall–Kier alpha value is -1.39. The van der Waals surface area contributed by atoms with Crippen LogP contribution in [0.5, 0.6) is 0 Å². The minimum Gasteiger partial charge on any atom is -0.382 e. The third-order valence-corrected chi connectivity index (χ3v) is 2.04. The summed E-state index contributed by atoms with van der Waals surface area (Å²) in [5.74, 6) is -0.233. The zero-order valence-corrected chi connectivity index (χ0v) is 9.87. The van der Waals surface area contributed by atoms with E-state index in [2.05, 4.69) is 5.48 Å². The van der Waals surface area contributed by atoms with Gasteiger partial charge in [-0.15, -0.1) is 0 Å². The van der Waals surface area contributed by atoms with E-state index >= 15 is 0 Å². The largest absolute Gasteiger partial charge is 0.382 e. The van der Waals surface area contributed by atoms with Crippen LogP contribution >= 0.6 is 0 Å². The zero-order chi connectivity index (χ0) is 12.0. The molecule has 1 N–H and O–H groups in total. The average Bonchev–Trinajstić information content (AvgIpc) is 2.22. The maximum atomic E-state index is 11.6. The number of nitrogens with one attached hydrogen (secondary N) is 1. The smallest absolute Gasteiger partial charge is 0.274 e. The van der Waals surface area contributed by atoms with E-state index in [0.29, 0.717) is 18.8 Å². The number of aryl methyl sites for hydroxylation is 2. The molecule has 0 fully saturated rings. The van der Waals surface area contributed by atoms with E-state index < -0.39 is 0 Å². The predicted molar refractivity (Wildman–Crippen MR) is 61.2 cm³/mol. The third kappa shape index (κ3) is 4.00. The Morgan fingerprint density at radius 1 is 1.19 bits per heavy atom. The van der Waals surface area contributed by atoms with Crippen LogP contribution in [0.2, 0.25) is 0 Å². The second-order valence-electron chi connectivity index (χ2n) is 3.65. The van der Waals surface area contributed by atoms with Crippen LogP contribution in [0.1, 0.15) is 21.5 Å². The number of carbonyl (C=O) groups is 1. The van der Waals surface area contributed by atoms with Crippen LogP contribution in [0.4, 0.5) is 0 Å². The van der Waals surface area contributed by atoms with Crippen molar-refractivity contribution in [2.75, 3.05) is 20.3 Å². The number of hydroxylamine groups is 1. The van der Waals surface area contributed by atoms with Gasteiger partial charge in [-0.25, -0.2) is 5.48 Å². The van der Waals surface area contributed by atoms with Crippen LogP contribution < -0.4 is 5.48 Å². The number of ether oxygens (including phenoxy) is 1. The zero-order valence-electron chi connectivity index (χ0n) is 9.87. The molecule has 16 heavy (non-hydrogen) atoms. The van der Waals surface area contributed by atoms with Gasteiger partial charge in [0, 0.05) is 12.7 Å². The van der Waals surface area contributed by atoms with Crippen molar-refractivity contribution in [1.29, 1.82) is 0 Å². The second-order valence-corrected chi connectivity index (χ2v) is 3.65. The van der Waals surface area contributed by atoms with Crippen LogP contribution in [0, 0.1) is 13.8 Å². The summed E-state index contributed by atoms with van der Waals surface area (Å²) < 4.78 is 4.79. The van der Waals surface area contributed by atoms with Gasteiger partial charge >= 0.3 is 0 Å². The molecule has 0 heterocycles. The number of rotatable bonds is 5. The summed E-state index contributed by atoms with van der Waals surface area (Å²) in [5, 5.41) is 0. The van der Waals surface area contributed by atoms with E-state index in [0.717, 1.165) is 11.1 Å². The normalized spacial score (nSPS) is 10.2. The van der Waals surface area contributed by atoms with Gasteiger partial charge in [-0.3, -0.25) is 9.63 Å². The molecule has 4 nitrogen and oxygen atoms in total. The first-order valence-corrected chi connectivity index (χ1v) is 5.13. The van der Waals surface area contributed by atoms with Crippen LogP contribution in [0.15, 0.2) is 18.2 Å². The van der Waals surface area contributed by atoms with Crippen molar-refractivity contribution in [3.05, 3.63) is 34.9 Å². The molecule has 0 aliphatic heterocycles. The molecule has 0 saturated heterocycles. The highest BCUT2D eigenvalue weighted by Gasteiger charge is 2.06. The number of carbonyl (C=O) groups excluding carboxylic acids is 1. The van der Waals surface area contributed by atoms with Gasteiger partial charge in [0.1, 0.15) is 0 Å².